The second kappa shape index (κ2) is 7.07. The van der Waals surface area contributed by atoms with Crippen molar-refractivity contribution in [2.45, 2.75) is 37.9 Å². The minimum atomic E-state index is -0.803. The summed E-state index contributed by atoms with van der Waals surface area (Å²) in [5.74, 6) is -0.00173. The van der Waals surface area contributed by atoms with Gasteiger partial charge in [0.15, 0.2) is 5.72 Å². The van der Waals surface area contributed by atoms with Gasteiger partial charge in [0, 0.05) is 54.4 Å². The van der Waals surface area contributed by atoms with Crippen LogP contribution in [-0.2, 0) is 28.3 Å². The number of hydrogen-bond donors (Lipinski definition) is 2. The van der Waals surface area contributed by atoms with E-state index in [1.165, 1.54) is 0 Å². The van der Waals surface area contributed by atoms with Crippen LogP contribution in [-0.4, -0.2) is 48.5 Å². The average molecular weight is 469 g/mol. The van der Waals surface area contributed by atoms with Gasteiger partial charge in [-0.25, -0.2) is 0 Å². The molecular weight excluding hydrogens is 440 g/mol. The molecule has 0 saturated carbocycles. The number of ether oxygens (including phenoxy) is 2. The molecule has 0 saturated heterocycles. The number of nitrogens with one attached hydrogen (secondary N) is 2. The summed E-state index contributed by atoms with van der Waals surface area (Å²) in [4.78, 5) is 13.3. The van der Waals surface area contributed by atoms with E-state index in [1.807, 2.05) is 7.05 Å². The molecular formula is C28H28N4O3. The first-order valence-corrected chi connectivity index (χ1v) is 12.1. The smallest absolute Gasteiger partial charge is 0.252 e. The molecule has 5 aromatic rings. The molecule has 1 amide bonds. The molecule has 0 spiro atoms. The number of hydrogen-bond acceptors (Lipinski definition) is 4. The molecule has 2 unspecified atom stereocenters. The quantitative estimate of drug-likeness (QED) is 0.419. The van der Waals surface area contributed by atoms with Gasteiger partial charge in [0.05, 0.1) is 28.2 Å². The highest BCUT2D eigenvalue weighted by Gasteiger charge is 2.46. The molecule has 35 heavy (non-hydrogen) atoms. The number of para-hydroxylation sites is 2. The summed E-state index contributed by atoms with van der Waals surface area (Å²) in [5.41, 5.74) is 5.41. The van der Waals surface area contributed by atoms with Gasteiger partial charge < -0.3 is 29.2 Å². The Morgan fingerprint density at radius 2 is 1.69 bits per heavy atom. The summed E-state index contributed by atoms with van der Waals surface area (Å²) in [6.07, 6.45) is -0.283. The third-order valence-electron chi connectivity index (χ3n) is 8.33. The van der Waals surface area contributed by atoms with E-state index < -0.39 is 5.72 Å². The summed E-state index contributed by atoms with van der Waals surface area (Å²) >= 11 is 0. The molecule has 7 nitrogen and oxygen atoms in total. The molecule has 7 heteroatoms. The molecule has 0 fully saturated rings. The van der Waals surface area contributed by atoms with Gasteiger partial charge in [-0.1, -0.05) is 36.4 Å². The minimum Gasteiger partial charge on any atom is -0.375 e. The summed E-state index contributed by atoms with van der Waals surface area (Å²) in [5, 5.41) is 11.0. The third-order valence-corrected chi connectivity index (χ3v) is 8.33. The lowest BCUT2D eigenvalue weighted by Crippen LogP contribution is -2.56. The Bertz CT molecular complexity index is 1700. The fourth-order valence-corrected chi connectivity index (χ4v) is 6.81. The first kappa shape index (κ1) is 20.9. The van der Waals surface area contributed by atoms with Crippen LogP contribution < -0.4 is 10.6 Å². The summed E-state index contributed by atoms with van der Waals surface area (Å²) in [7, 11) is 5.48. The van der Waals surface area contributed by atoms with Crippen LogP contribution in [0.2, 0.25) is 0 Å². The SMILES string of the molecule is CNC1Cn2c3ccccc3c3c4c(c5c6ccccc6n(c5c32)[C@@](C)(OC)C1OC)CNC4=O. The number of amides is 1. The van der Waals surface area contributed by atoms with E-state index in [-0.39, 0.29) is 18.1 Å². The number of carbonyl (C=O) groups excluding carboxylic acids is 1. The van der Waals surface area contributed by atoms with Gasteiger partial charge in [-0.05, 0) is 31.7 Å². The second-order valence-electron chi connectivity index (χ2n) is 9.77. The standard InChI is InChI=1S/C28H28N4O3/c1-28(35-4)26(34-3)18(29-2)14-31-19-11-7-5-9-15(19)22-23-17(13-30-27(23)33)21-16-10-6-8-12-20(16)32(28)25(21)24(22)31/h5-12,18,26,29H,13-14H2,1-4H3,(H,30,33)/t18?,26?,28-/m0/s1. The highest BCUT2D eigenvalue weighted by atomic mass is 16.6. The summed E-state index contributed by atoms with van der Waals surface area (Å²) < 4.78 is 17.3. The molecule has 178 valence electrons. The van der Waals surface area contributed by atoms with E-state index in [9.17, 15) is 4.79 Å². The van der Waals surface area contributed by atoms with Gasteiger partial charge in [0.25, 0.3) is 5.91 Å². The van der Waals surface area contributed by atoms with Gasteiger partial charge in [-0.2, -0.15) is 0 Å². The number of methoxy groups -OCH3 is 2. The fraction of sp³-hybridized carbons (Fsp3) is 0.321. The van der Waals surface area contributed by atoms with Crippen molar-refractivity contribution in [3.63, 3.8) is 0 Å². The molecule has 2 aliphatic rings. The van der Waals surface area contributed by atoms with E-state index in [4.69, 9.17) is 9.47 Å². The fourth-order valence-electron chi connectivity index (χ4n) is 6.81. The highest BCUT2D eigenvalue weighted by Crippen LogP contribution is 2.48. The normalized spacial score (nSPS) is 23.9. The van der Waals surface area contributed by atoms with Crippen LogP contribution in [0, 0.1) is 0 Å². The lowest BCUT2D eigenvalue weighted by atomic mass is 9.95. The maximum atomic E-state index is 13.3. The van der Waals surface area contributed by atoms with Crippen LogP contribution in [0.15, 0.2) is 48.5 Å². The minimum absolute atomic E-state index is 0.00173. The first-order valence-electron chi connectivity index (χ1n) is 12.1. The van der Waals surface area contributed by atoms with Crippen molar-refractivity contribution in [1.29, 1.82) is 0 Å². The molecule has 4 heterocycles. The van der Waals surface area contributed by atoms with Crippen LogP contribution >= 0.6 is 0 Å². The Balaban J connectivity index is 1.86. The zero-order valence-corrected chi connectivity index (χ0v) is 20.3. The number of rotatable bonds is 3. The van der Waals surface area contributed by atoms with Crippen LogP contribution in [0.1, 0.15) is 22.8 Å². The van der Waals surface area contributed by atoms with Crippen LogP contribution in [0.25, 0.3) is 43.6 Å². The Kier molecular flexibility index (Phi) is 4.23. The maximum Gasteiger partial charge on any atom is 0.252 e. The number of fused-ring (bicyclic) bond motifs is 9. The zero-order chi connectivity index (χ0) is 24.1. The van der Waals surface area contributed by atoms with E-state index in [0.717, 1.165) is 54.7 Å². The van der Waals surface area contributed by atoms with Gasteiger partial charge in [-0.3, -0.25) is 4.79 Å². The molecule has 3 aromatic carbocycles. The van der Waals surface area contributed by atoms with Crippen molar-refractivity contribution in [2.75, 3.05) is 21.3 Å². The monoisotopic (exact) mass is 468 g/mol. The van der Waals surface area contributed by atoms with Gasteiger partial charge >= 0.3 is 0 Å². The Hall–Kier alpha value is -3.39. The number of benzene rings is 3. The van der Waals surface area contributed by atoms with Crippen LogP contribution in [0.5, 0.6) is 0 Å². The topological polar surface area (TPSA) is 69.5 Å². The summed E-state index contributed by atoms with van der Waals surface area (Å²) in [6, 6.07) is 16.8. The molecule has 0 bridgehead atoms. The van der Waals surface area contributed by atoms with E-state index in [1.54, 1.807) is 14.2 Å². The number of aromatic nitrogens is 2. The predicted octanol–water partition coefficient (Wildman–Crippen LogP) is 4.08. The molecule has 7 rings (SSSR count). The van der Waals surface area contributed by atoms with Crippen LogP contribution in [0.3, 0.4) is 0 Å². The zero-order valence-electron chi connectivity index (χ0n) is 20.3. The molecule has 2 aliphatic heterocycles. The molecule has 0 radical (unpaired) electrons. The summed E-state index contributed by atoms with van der Waals surface area (Å²) in [6.45, 7) is 3.30. The van der Waals surface area contributed by atoms with Crippen molar-refractivity contribution in [3.8, 4) is 0 Å². The predicted molar refractivity (Wildman–Crippen MR) is 138 cm³/mol. The molecule has 3 atom stereocenters. The highest BCUT2D eigenvalue weighted by molar-refractivity contribution is 6.30. The third kappa shape index (κ3) is 2.38. The van der Waals surface area contributed by atoms with Gasteiger partial charge in [0.2, 0.25) is 0 Å². The molecule has 0 aliphatic carbocycles. The molecule has 2 aromatic heterocycles. The first-order chi connectivity index (χ1) is 17.0. The van der Waals surface area contributed by atoms with E-state index in [2.05, 4.69) is 75.2 Å². The van der Waals surface area contributed by atoms with Crippen molar-refractivity contribution in [3.05, 3.63) is 59.7 Å². The van der Waals surface area contributed by atoms with Gasteiger partial charge in [-0.15, -0.1) is 0 Å². The Labute approximate surface area is 202 Å². The van der Waals surface area contributed by atoms with E-state index >= 15 is 0 Å². The Morgan fingerprint density at radius 3 is 2.37 bits per heavy atom. The van der Waals surface area contributed by atoms with Crippen molar-refractivity contribution in [2.24, 2.45) is 0 Å². The van der Waals surface area contributed by atoms with Crippen molar-refractivity contribution >= 4 is 49.5 Å². The van der Waals surface area contributed by atoms with E-state index in [0.29, 0.717) is 13.1 Å². The number of likely N-dealkylation sites (N-methyl/N-ethyl adjacent to an activating group) is 1. The van der Waals surface area contributed by atoms with Crippen molar-refractivity contribution in [1.82, 2.24) is 19.8 Å². The lowest BCUT2D eigenvalue weighted by molar-refractivity contribution is -0.166. The second-order valence-corrected chi connectivity index (χ2v) is 9.77. The molecule has 2 N–H and O–H groups in total. The Morgan fingerprint density at radius 1 is 1.00 bits per heavy atom. The largest absolute Gasteiger partial charge is 0.375 e. The lowest BCUT2D eigenvalue weighted by Gasteiger charge is -2.43. The van der Waals surface area contributed by atoms with Crippen molar-refractivity contribution < 1.29 is 14.3 Å². The van der Waals surface area contributed by atoms with Gasteiger partial charge in [0.1, 0.15) is 6.10 Å². The van der Waals surface area contributed by atoms with Crippen LogP contribution in [0.4, 0.5) is 0 Å². The average Bonchev–Trinajstić information content (AvgIpc) is 3.53. The number of carbonyl (C=O) groups is 1. The number of nitrogens with zero attached hydrogens (tertiary/aromatic N) is 2. The maximum absolute atomic E-state index is 13.3.